The monoisotopic (exact) mass is 448 g/mol. The number of carbonyl (C=O) groups is 1. The van der Waals surface area contributed by atoms with Crippen molar-refractivity contribution in [1.82, 2.24) is 9.88 Å². The molecule has 1 heterocycles. The van der Waals surface area contributed by atoms with Gasteiger partial charge in [-0.05, 0) is 49.6 Å². The maximum absolute atomic E-state index is 12.0. The van der Waals surface area contributed by atoms with Crippen molar-refractivity contribution < 1.29 is 17.9 Å². The fourth-order valence-corrected chi connectivity index (χ4v) is 4.47. The maximum atomic E-state index is 12.0. The van der Waals surface area contributed by atoms with E-state index in [0.717, 1.165) is 37.6 Å². The van der Waals surface area contributed by atoms with E-state index in [2.05, 4.69) is 5.32 Å². The van der Waals surface area contributed by atoms with E-state index in [-0.39, 0.29) is 4.90 Å². The lowest BCUT2D eigenvalue weighted by atomic mass is 10.0. The topological polar surface area (TPSA) is 115 Å². The van der Waals surface area contributed by atoms with Gasteiger partial charge in [0.05, 0.1) is 15.1 Å². The van der Waals surface area contributed by atoms with Gasteiger partial charge in [0.25, 0.3) is 0 Å². The number of ether oxygens (including phenoxy) is 1. The van der Waals surface area contributed by atoms with Crippen molar-refractivity contribution in [2.45, 2.75) is 32.2 Å². The zero-order chi connectivity index (χ0) is 22.2. The molecule has 0 bridgehead atoms. The minimum Gasteiger partial charge on any atom is -0.410 e. The molecule has 0 aliphatic rings. The molecule has 0 aliphatic carbocycles. The fourth-order valence-electron chi connectivity index (χ4n) is 2.94. The molecule has 3 aromatic rings. The van der Waals surface area contributed by atoms with E-state index in [1.54, 1.807) is 26.2 Å². The number of anilines is 1. The van der Waals surface area contributed by atoms with E-state index >= 15 is 0 Å². The van der Waals surface area contributed by atoms with Gasteiger partial charge in [0.1, 0.15) is 5.75 Å². The van der Waals surface area contributed by atoms with Gasteiger partial charge in [-0.3, -0.25) is 0 Å². The number of fused-ring (bicyclic) bond motifs is 1. The van der Waals surface area contributed by atoms with Gasteiger partial charge in [-0.15, -0.1) is 0 Å². The van der Waals surface area contributed by atoms with Gasteiger partial charge < -0.3 is 15.0 Å². The number of nitrogens with two attached hydrogens (primary N) is 1. The first-order valence-electron chi connectivity index (χ1n) is 9.14. The smallest absolute Gasteiger partial charge is 0.410 e. The highest BCUT2D eigenvalue weighted by Gasteiger charge is 2.20. The van der Waals surface area contributed by atoms with Crippen molar-refractivity contribution in [2.24, 2.45) is 5.14 Å². The first-order valence-corrected chi connectivity index (χ1v) is 11.5. The number of hydrogen-bond donors (Lipinski definition) is 2. The van der Waals surface area contributed by atoms with E-state index in [1.165, 1.54) is 28.4 Å². The van der Waals surface area contributed by atoms with Crippen molar-refractivity contribution in [2.75, 3.05) is 19.4 Å². The highest BCUT2D eigenvalue weighted by atomic mass is 32.2. The van der Waals surface area contributed by atoms with Crippen LogP contribution in [0.15, 0.2) is 29.2 Å². The number of aromatic nitrogens is 1. The largest absolute Gasteiger partial charge is 0.414 e. The van der Waals surface area contributed by atoms with Gasteiger partial charge in [-0.2, -0.15) is 0 Å². The number of carbonyl (C=O) groups excluding carboxylic acids is 1. The van der Waals surface area contributed by atoms with Gasteiger partial charge in [-0.25, -0.2) is 23.3 Å². The molecule has 0 saturated heterocycles. The molecule has 30 heavy (non-hydrogen) atoms. The highest BCUT2D eigenvalue weighted by molar-refractivity contribution is 7.89. The van der Waals surface area contributed by atoms with Crippen LogP contribution in [0.2, 0.25) is 0 Å². The predicted molar refractivity (Wildman–Crippen MR) is 119 cm³/mol. The van der Waals surface area contributed by atoms with Crippen LogP contribution in [0.25, 0.3) is 10.2 Å². The Hall–Kier alpha value is -2.69. The van der Waals surface area contributed by atoms with Gasteiger partial charge in [0.15, 0.2) is 5.13 Å². The molecule has 3 N–H and O–H groups in total. The van der Waals surface area contributed by atoms with Crippen LogP contribution in [0.5, 0.6) is 5.75 Å². The van der Waals surface area contributed by atoms with E-state index in [9.17, 15) is 13.2 Å². The Balaban J connectivity index is 1.87. The molecule has 8 nitrogen and oxygen atoms in total. The molecule has 160 valence electrons. The molecule has 0 aliphatic heterocycles. The number of nitrogens with zero attached hydrogens (tertiary/aromatic N) is 2. The van der Waals surface area contributed by atoms with E-state index in [4.69, 9.17) is 14.9 Å². The number of aryl methyl sites for hydroxylation is 2. The summed E-state index contributed by atoms with van der Waals surface area (Å²) in [7, 11) is -0.423. The van der Waals surface area contributed by atoms with Crippen LogP contribution >= 0.6 is 11.3 Å². The molecule has 2 aromatic carbocycles. The standard InChI is InChI=1S/C20H24N4O4S2/c1-11-12(2)17(28-20(25)24(4)5)13(3)18-16(11)23-19(29-18)22-10-14-6-8-15(9-7-14)30(21,26)27/h6-9H,10H2,1-5H3,(H,22,23)(H2,21,26,27). The van der Waals surface area contributed by atoms with Crippen LogP contribution < -0.4 is 15.2 Å². The number of thiazole rings is 1. The molecule has 0 radical (unpaired) electrons. The Morgan fingerprint density at radius 1 is 1.13 bits per heavy atom. The van der Waals surface area contributed by atoms with Crippen molar-refractivity contribution in [1.29, 1.82) is 0 Å². The van der Waals surface area contributed by atoms with Crippen LogP contribution in [0.4, 0.5) is 9.93 Å². The van der Waals surface area contributed by atoms with E-state index in [0.29, 0.717) is 12.3 Å². The maximum Gasteiger partial charge on any atom is 0.414 e. The summed E-state index contributed by atoms with van der Waals surface area (Å²) in [6.45, 7) is 6.27. The number of primary sulfonamides is 1. The lowest BCUT2D eigenvalue weighted by Gasteiger charge is -2.16. The summed E-state index contributed by atoms with van der Waals surface area (Å²) in [4.78, 5) is 18.2. The Kier molecular flexibility index (Phi) is 6.02. The molecule has 3 rings (SSSR count). The van der Waals surface area contributed by atoms with Crippen LogP contribution in [0.1, 0.15) is 22.3 Å². The lowest BCUT2D eigenvalue weighted by molar-refractivity contribution is 0.171. The molecule has 0 saturated carbocycles. The summed E-state index contributed by atoms with van der Waals surface area (Å²) in [6.07, 6.45) is -0.425. The SMILES string of the molecule is Cc1c(OC(=O)N(C)C)c(C)c2sc(NCc3ccc(S(N)(=O)=O)cc3)nc2c1C. The summed E-state index contributed by atoms with van der Waals surface area (Å²) in [5, 5.41) is 9.12. The Bertz CT molecular complexity index is 1220. The van der Waals surface area contributed by atoms with Crippen molar-refractivity contribution >= 4 is 42.8 Å². The molecule has 0 spiro atoms. The number of nitrogens with one attached hydrogen (secondary N) is 1. The minimum atomic E-state index is -3.71. The average Bonchev–Trinajstić information content (AvgIpc) is 3.12. The third-order valence-corrected chi connectivity index (χ3v) is 6.88. The van der Waals surface area contributed by atoms with Gasteiger partial charge in [0.2, 0.25) is 10.0 Å². The second kappa shape index (κ2) is 8.21. The fraction of sp³-hybridized carbons (Fsp3) is 0.300. The Labute approximate surface area is 179 Å². The number of benzene rings is 2. The van der Waals surface area contributed by atoms with Crippen LogP contribution in [-0.4, -0.2) is 38.5 Å². The van der Waals surface area contributed by atoms with Crippen LogP contribution in [-0.2, 0) is 16.6 Å². The average molecular weight is 449 g/mol. The van der Waals surface area contributed by atoms with Crippen LogP contribution in [0.3, 0.4) is 0 Å². The first kappa shape index (κ1) is 22.0. The molecule has 0 unspecified atom stereocenters. The predicted octanol–water partition coefficient (Wildman–Crippen LogP) is 3.54. The zero-order valence-corrected chi connectivity index (χ0v) is 19.1. The molecule has 1 amide bonds. The quantitative estimate of drug-likeness (QED) is 0.617. The first-order chi connectivity index (χ1) is 14.0. The zero-order valence-electron chi connectivity index (χ0n) is 17.4. The minimum absolute atomic E-state index is 0.0766. The normalized spacial score (nSPS) is 11.5. The van der Waals surface area contributed by atoms with Crippen molar-refractivity contribution in [3.63, 3.8) is 0 Å². The molecule has 10 heteroatoms. The molecular weight excluding hydrogens is 424 g/mol. The second-order valence-electron chi connectivity index (χ2n) is 7.21. The van der Waals surface area contributed by atoms with E-state index in [1.807, 2.05) is 20.8 Å². The Morgan fingerprint density at radius 3 is 2.33 bits per heavy atom. The van der Waals surface area contributed by atoms with E-state index < -0.39 is 16.1 Å². The molecule has 1 aromatic heterocycles. The molecule has 0 atom stereocenters. The summed E-state index contributed by atoms with van der Waals surface area (Å²) >= 11 is 1.48. The van der Waals surface area contributed by atoms with Gasteiger partial charge in [0, 0.05) is 26.2 Å². The highest BCUT2D eigenvalue weighted by Crippen LogP contribution is 2.39. The summed E-state index contributed by atoms with van der Waals surface area (Å²) in [6, 6.07) is 6.38. The number of amides is 1. The second-order valence-corrected chi connectivity index (χ2v) is 9.77. The summed E-state index contributed by atoms with van der Waals surface area (Å²) < 4.78 is 29.3. The van der Waals surface area contributed by atoms with Crippen molar-refractivity contribution in [3.05, 3.63) is 46.5 Å². The summed E-state index contributed by atoms with van der Waals surface area (Å²) in [5.41, 5.74) is 4.47. The van der Waals surface area contributed by atoms with Gasteiger partial charge >= 0.3 is 6.09 Å². The number of hydrogen-bond acceptors (Lipinski definition) is 7. The Morgan fingerprint density at radius 2 is 1.77 bits per heavy atom. The third-order valence-electron chi connectivity index (χ3n) is 4.82. The number of sulfonamides is 1. The van der Waals surface area contributed by atoms with Crippen LogP contribution in [0, 0.1) is 20.8 Å². The third kappa shape index (κ3) is 4.40. The lowest BCUT2D eigenvalue weighted by Crippen LogP contribution is -2.26. The van der Waals surface area contributed by atoms with Crippen molar-refractivity contribution in [3.8, 4) is 5.75 Å². The number of rotatable bonds is 5. The summed E-state index contributed by atoms with van der Waals surface area (Å²) in [5.74, 6) is 0.562. The molecular formula is C20H24N4O4S2. The molecule has 0 fully saturated rings. The van der Waals surface area contributed by atoms with Gasteiger partial charge in [-0.1, -0.05) is 23.5 Å².